The zero-order chi connectivity index (χ0) is 10.1. The van der Waals surface area contributed by atoms with E-state index in [1.54, 1.807) is 0 Å². The van der Waals surface area contributed by atoms with Crippen LogP contribution in [0.5, 0.6) is 0 Å². The molecule has 5 nitrogen and oxygen atoms in total. The lowest BCUT2D eigenvalue weighted by atomic mass is 9.75. The minimum Gasteiger partial charge on any atom is -0.393 e. The summed E-state index contributed by atoms with van der Waals surface area (Å²) in [6, 6.07) is 0. The Morgan fingerprint density at radius 3 is 2.31 bits per heavy atom. The highest BCUT2D eigenvalue weighted by molar-refractivity contribution is 5.19. The third-order valence-electron chi connectivity index (χ3n) is 2.45. The lowest BCUT2D eigenvalue weighted by molar-refractivity contribution is -0.181. The van der Waals surface area contributed by atoms with Gasteiger partial charge in [0.15, 0.2) is 0 Å². The number of rotatable bonds is 2. The average molecular weight is 190 g/mol. The van der Waals surface area contributed by atoms with E-state index in [2.05, 4.69) is 0 Å². The zero-order valence-corrected chi connectivity index (χ0v) is 7.09. The summed E-state index contributed by atoms with van der Waals surface area (Å²) in [5.74, 6) is 0. The molecule has 0 aliphatic heterocycles. The fraction of sp³-hybridized carbons (Fsp3) is 0.750. The molecule has 76 valence electrons. The quantitative estimate of drug-likeness (QED) is 0.317. The van der Waals surface area contributed by atoms with Crippen molar-refractivity contribution in [3.63, 3.8) is 0 Å². The Morgan fingerprint density at radius 1 is 1.23 bits per heavy atom. The van der Waals surface area contributed by atoms with E-state index in [-0.39, 0.29) is 6.42 Å². The third-order valence-corrected chi connectivity index (χ3v) is 2.45. The van der Waals surface area contributed by atoms with Gasteiger partial charge in [-0.05, 0) is 6.08 Å². The van der Waals surface area contributed by atoms with Crippen molar-refractivity contribution in [1.82, 2.24) is 0 Å². The summed E-state index contributed by atoms with van der Waals surface area (Å²) in [4.78, 5) is 0. The molecule has 0 aromatic heterocycles. The first-order valence-corrected chi connectivity index (χ1v) is 4.01. The molecule has 13 heavy (non-hydrogen) atoms. The van der Waals surface area contributed by atoms with E-state index in [1.807, 2.05) is 0 Å². The topological polar surface area (TPSA) is 101 Å². The molecule has 0 aromatic carbocycles. The molecule has 0 saturated carbocycles. The first-order chi connectivity index (χ1) is 5.97. The molecule has 5 N–H and O–H groups in total. The summed E-state index contributed by atoms with van der Waals surface area (Å²) in [6.45, 7) is -1.42. The minimum atomic E-state index is -1.88. The van der Waals surface area contributed by atoms with Gasteiger partial charge in [-0.15, -0.1) is 0 Å². The Kier molecular flexibility index (Phi) is 2.74. The van der Waals surface area contributed by atoms with Gasteiger partial charge in [-0.25, -0.2) is 0 Å². The van der Waals surface area contributed by atoms with E-state index in [4.69, 9.17) is 15.3 Å². The van der Waals surface area contributed by atoms with Crippen molar-refractivity contribution in [2.45, 2.75) is 23.7 Å². The molecular formula is C8H14O5. The Hall–Kier alpha value is -0.460. The molecule has 3 atom stereocenters. The van der Waals surface area contributed by atoms with Crippen LogP contribution in [0.25, 0.3) is 0 Å². The highest BCUT2D eigenvalue weighted by atomic mass is 16.4. The Bertz CT molecular complexity index is 217. The summed E-state index contributed by atoms with van der Waals surface area (Å²) >= 11 is 0. The van der Waals surface area contributed by atoms with E-state index in [0.29, 0.717) is 0 Å². The Morgan fingerprint density at radius 2 is 1.85 bits per heavy atom. The molecule has 5 heteroatoms. The molecule has 1 aliphatic rings. The smallest absolute Gasteiger partial charge is 0.137 e. The first-order valence-electron chi connectivity index (χ1n) is 4.01. The summed E-state index contributed by atoms with van der Waals surface area (Å²) < 4.78 is 0. The maximum Gasteiger partial charge on any atom is 0.137 e. The number of hydrogen-bond donors (Lipinski definition) is 5. The van der Waals surface area contributed by atoms with Crippen LogP contribution in [-0.2, 0) is 0 Å². The van der Waals surface area contributed by atoms with Crippen LogP contribution in [-0.4, -0.2) is 56.1 Å². The minimum absolute atomic E-state index is 0.197. The van der Waals surface area contributed by atoms with Gasteiger partial charge in [0, 0.05) is 6.42 Å². The SMILES string of the molecule is OCC1(O)C=CC(O)CC1(O)CO. The lowest BCUT2D eigenvalue weighted by Crippen LogP contribution is -2.61. The fourth-order valence-corrected chi connectivity index (χ4v) is 1.42. The standard InChI is InChI=1S/C8H14O5/c9-4-7(12)2-1-6(11)3-8(7,13)5-10/h1-2,6,9-13H,3-5H2. The van der Waals surface area contributed by atoms with Gasteiger partial charge in [0.05, 0.1) is 19.3 Å². The van der Waals surface area contributed by atoms with Crippen LogP contribution in [0.15, 0.2) is 12.2 Å². The van der Waals surface area contributed by atoms with E-state index in [9.17, 15) is 10.2 Å². The van der Waals surface area contributed by atoms with Crippen LogP contribution in [0.4, 0.5) is 0 Å². The van der Waals surface area contributed by atoms with Gasteiger partial charge in [0.1, 0.15) is 11.2 Å². The largest absolute Gasteiger partial charge is 0.393 e. The summed E-state index contributed by atoms with van der Waals surface area (Å²) in [5.41, 5.74) is -3.75. The van der Waals surface area contributed by atoms with Crippen LogP contribution >= 0.6 is 0 Å². The molecule has 0 radical (unpaired) electrons. The molecule has 1 rings (SSSR count). The van der Waals surface area contributed by atoms with E-state index < -0.39 is 30.5 Å². The highest BCUT2D eigenvalue weighted by Gasteiger charge is 2.50. The highest BCUT2D eigenvalue weighted by Crippen LogP contribution is 2.32. The molecule has 0 aromatic rings. The van der Waals surface area contributed by atoms with Crippen LogP contribution in [0.1, 0.15) is 6.42 Å². The monoisotopic (exact) mass is 190 g/mol. The second kappa shape index (κ2) is 3.36. The van der Waals surface area contributed by atoms with Crippen molar-refractivity contribution in [2.75, 3.05) is 13.2 Å². The summed E-state index contributed by atoms with van der Waals surface area (Å²) in [7, 11) is 0. The van der Waals surface area contributed by atoms with Crippen LogP contribution in [0.3, 0.4) is 0 Å². The van der Waals surface area contributed by atoms with Gasteiger partial charge in [0.25, 0.3) is 0 Å². The molecule has 0 bridgehead atoms. The van der Waals surface area contributed by atoms with Crippen molar-refractivity contribution in [3.8, 4) is 0 Å². The van der Waals surface area contributed by atoms with Crippen LogP contribution in [0, 0.1) is 0 Å². The number of hydrogen-bond acceptors (Lipinski definition) is 5. The predicted octanol–water partition coefficient (Wildman–Crippen LogP) is -2.25. The van der Waals surface area contributed by atoms with Crippen molar-refractivity contribution < 1.29 is 25.5 Å². The van der Waals surface area contributed by atoms with Crippen LogP contribution < -0.4 is 0 Å². The molecule has 0 fully saturated rings. The molecule has 0 spiro atoms. The molecule has 1 aliphatic carbocycles. The van der Waals surface area contributed by atoms with Gasteiger partial charge >= 0.3 is 0 Å². The van der Waals surface area contributed by atoms with E-state index in [0.717, 1.165) is 6.08 Å². The lowest BCUT2D eigenvalue weighted by Gasteiger charge is -2.42. The van der Waals surface area contributed by atoms with Gasteiger partial charge in [-0.2, -0.15) is 0 Å². The van der Waals surface area contributed by atoms with Gasteiger partial charge in [0.2, 0.25) is 0 Å². The van der Waals surface area contributed by atoms with Crippen molar-refractivity contribution in [2.24, 2.45) is 0 Å². The fourth-order valence-electron chi connectivity index (χ4n) is 1.42. The van der Waals surface area contributed by atoms with Crippen LogP contribution in [0.2, 0.25) is 0 Å². The molecular weight excluding hydrogens is 176 g/mol. The second-order valence-corrected chi connectivity index (χ2v) is 3.40. The Labute approximate surface area is 75.6 Å². The van der Waals surface area contributed by atoms with Crippen molar-refractivity contribution >= 4 is 0 Å². The molecule has 0 amide bonds. The predicted molar refractivity (Wildman–Crippen MR) is 43.8 cm³/mol. The maximum absolute atomic E-state index is 9.70. The van der Waals surface area contributed by atoms with E-state index >= 15 is 0 Å². The second-order valence-electron chi connectivity index (χ2n) is 3.40. The first kappa shape index (κ1) is 10.6. The van der Waals surface area contributed by atoms with Gasteiger partial charge in [-0.3, -0.25) is 0 Å². The Balaban J connectivity index is 2.99. The third kappa shape index (κ3) is 1.61. The zero-order valence-electron chi connectivity index (χ0n) is 7.09. The number of aliphatic hydroxyl groups is 5. The normalized spacial score (nSPS) is 45.2. The molecule has 0 saturated heterocycles. The summed E-state index contributed by atoms with van der Waals surface area (Å²) in [6.07, 6.45) is 1.28. The molecule has 3 unspecified atom stereocenters. The van der Waals surface area contributed by atoms with E-state index in [1.165, 1.54) is 6.08 Å². The molecule has 0 heterocycles. The maximum atomic E-state index is 9.70. The van der Waals surface area contributed by atoms with Crippen molar-refractivity contribution in [1.29, 1.82) is 0 Å². The average Bonchev–Trinajstić information content (AvgIpc) is 2.12. The number of aliphatic hydroxyl groups excluding tert-OH is 3. The van der Waals surface area contributed by atoms with Crippen molar-refractivity contribution in [3.05, 3.63) is 12.2 Å². The summed E-state index contributed by atoms with van der Waals surface area (Å²) in [5, 5.41) is 46.2. The van der Waals surface area contributed by atoms with Gasteiger partial charge in [-0.1, -0.05) is 6.08 Å². The van der Waals surface area contributed by atoms with Gasteiger partial charge < -0.3 is 25.5 Å².